The quantitative estimate of drug-likeness (QED) is 0.714. The average molecular weight is 211 g/mol. The summed E-state index contributed by atoms with van der Waals surface area (Å²) in [5.41, 5.74) is 5.48. The summed E-state index contributed by atoms with van der Waals surface area (Å²) < 4.78 is 0. The summed E-state index contributed by atoms with van der Waals surface area (Å²) >= 11 is 0. The molecule has 2 N–H and O–H groups in total. The number of nitrogens with zero attached hydrogens (tertiary/aromatic N) is 2. The summed E-state index contributed by atoms with van der Waals surface area (Å²) in [4.78, 5) is 16.3. The molecular formula is C11H21N3O. The molecule has 1 saturated carbocycles. The van der Waals surface area contributed by atoms with E-state index in [0.29, 0.717) is 18.5 Å². The van der Waals surface area contributed by atoms with Crippen LogP contribution in [-0.2, 0) is 4.79 Å². The molecule has 0 spiro atoms. The van der Waals surface area contributed by atoms with Gasteiger partial charge in [0.05, 0.1) is 6.54 Å². The fourth-order valence-electron chi connectivity index (χ4n) is 2.23. The zero-order chi connectivity index (χ0) is 10.7. The Morgan fingerprint density at radius 2 is 2.13 bits per heavy atom. The molecule has 1 saturated heterocycles. The van der Waals surface area contributed by atoms with Crippen LogP contribution in [0.2, 0.25) is 0 Å². The summed E-state index contributed by atoms with van der Waals surface area (Å²) in [5, 5.41) is 0. The van der Waals surface area contributed by atoms with E-state index in [0.717, 1.165) is 39.0 Å². The standard InChI is InChI=1S/C11H21N3O/c12-5-1-6-13-7-2-8-14(10-3-4-10)11(15)9-13/h10H,1-9,12H2. The monoisotopic (exact) mass is 211 g/mol. The van der Waals surface area contributed by atoms with Gasteiger partial charge < -0.3 is 10.6 Å². The Balaban J connectivity index is 1.83. The fourth-order valence-corrected chi connectivity index (χ4v) is 2.23. The molecule has 0 unspecified atom stereocenters. The largest absolute Gasteiger partial charge is 0.339 e. The minimum Gasteiger partial charge on any atom is -0.339 e. The first-order valence-corrected chi connectivity index (χ1v) is 6.03. The molecule has 1 aliphatic carbocycles. The Morgan fingerprint density at radius 3 is 2.80 bits per heavy atom. The molecule has 0 aromatic rings. The second kappa shape index (κ2) is 4.94. The van der Waals surface area contributed by atoms with Crippen molar-refractivity contribution >= 4 is 5.91 Å². The highest BCUT2D eigenvalue weighted by Crippen LogP contribution is 2.27. The van der Waals surface area contributed by atoms with Gasteiger partial charge >= 0.3 is 0 Å². The number of hydrogen-bond donors (Lipinski definition) is 1. The first-order valence-electron chi connectivity index (χ1n) is 6.03. The van der Waals surface area contributed by atoms with Crippen molar-refractivity contribution in [1.82, 2.24) is 9.80 Å². The molecule has 4 heteroatoms. The van der Waals surface area contributed by atoms with Crippen molar-refractivity contribution in [3.63, 3.8) is 0 Å². The lowest BCUT2D eigenvalue weighted by Crippen LogP contribution is -2.38. The summed E-state index contributed by atoms with van der Waals surface area (Å²) in [6, 6.07) is 0.576. The summed E-state index contributed by atoms with van der Waals surface area (Å²) in [7, 11) is 0. The number of rotatable bonds is 4. The fraction of sp³-hybridized carbons (Fsp3) is 0.909. The summed E-state index contributed by atoms with van der Waals surface area (Å²) in [6.45, 7) is 4.31. The molecule has 1 aliphatic heterocycles. The van der Waals surface area contributed by atoms with Gasteiger partial charge in [-0.3, -0.25) is 9.69 Å². The molecule has 0 bridgehead atoms. The normalized spacial score (nSPS) is 24.3. The van der Waals surface area contributed by atoms with E-state index in [-0.39, 0.29) is 0 Å². The zero-order valence-electron chi connectivity index (χ0n) is 9.32. The highest BCUT2D eigenvalue weighted by Gasteiger charge is 2.33. The van der Waals surface area contributed by atoms with Crippen LogP contribution in [0.4, 0.5) is 0 Å². The molecule has 0 radical (unpaired) electrons. The molecule has 2 aliphatic rings. The van der Waals surface area contributed by atoms with Crippen LogP contribution in [-0.4, -0.2) is 54.5 Å². The lowest BCUT2D eigenvalue weighted by molar-refractivity contribution is -0.131. The first-order chi connectivity index (χ1) is 7.31. The molecule has 0 aromatic heterocycles. The molecule has 4 nitrogen and oxygen atoms in total. The third-order valence-electron chi connectivity index (χ3n) is 3.22. The first kappa shape index (κ1) is 10.9. The predicted octanol–water partition coefficient (Wildman–Crippen LogP) is 0.0319. The SMILES string of the molecule is NCCCN1CCCN(C2CC2)C(=O)C1. The average Bonchev–Trinajstić information content (AvgIpc) is 3.02. The van der Waals surface area contributed by atoms with Gasteiger partial charge in [-0.2, -0.15) is 0 Å². The van der Waals surface area contributed by atoms with Gasteiger partial charge in [0.2, 0.25) is 5.91 Å². The minimum atomic E-state index is 0.326. The molecular weight excluding hydrogens is 190 g/mol. The van der Waals surface area contributed by atoms with Crippen LogP contribution in [0.5, 0.6) is 0 Å². The van der Waals surface area contributed by atoms with E-state index in [9.17, 15) is 4.79 Å². The maximum Gasteiger partial charge on any atom is 0.236 e. The number of carbonyl (C=O) groups excluding carboxylic acids is 1. The molecule has 2 fully saturated rings. The van der Waals surface area contributed by atoms with Crippen molar-refractivity contribution in [2.24, 2.45) is 5.73 Å². The van der Waals surface area contributed by atoms with Gasteiger partial charge in [-0.05, 0) is 38.8 Å². The van der Waals surface area contributed by atoms with E-state index in [1.807, 2.05) is 0 Å². The Kier molecular flexibility index (Phi) is 3.59. The van der Waals surface area contributed by atoms with Crippen LogP contribution in [0.1, 0.15) is 25.7 Å². The van der Waals surface area contributed by atoms with Gasteiger partial charge in [0.15, 0.2) is 0 Å². The number of amides is 1. The van der Waals surface area contributed by atoms with Crippen molar-refractivity contribution < 1.29 is 4.79 Å². The van der Waals surface area contributed by atoms with Crippen LogP contribution in [0.3, 0.4) is 0 Å². The van der Waals surface area contributed by atoms with Gasteiger partial charge in [0, 0.05) is 19.1 Å². The smallest absolute Gasteiger partial charge is 0.236 e. The van der Waals surface area contributed by atoms with Gasteiger partial charge in [0.1, 0.15) is 0 Å². The lowest BCUT2D eigenvalue weighted by atomic mass is 10.3. The van der Waals surface area contributed by atoms with E-state index in [1.165, 1.54) is 12.8 Å². The lowest BCUT2D eigenvalue weighted by Gasteiger charge is -2.21. The maximum absolute atomic E-state index is 11.9. The molecule has 0 aromatic carbocycles. The van der Waals surface area contributed by atoms with Crippen LogP contribution < -0.4 is 5.73 Å². The van der Waals surface area contributed by atoms with Crippen molar-refractivity contribution in [1.29, 1.82) is 0 Å². The van der Waals surface area contributed by atoms with Crippen LogP contribution in [0.25, 0.3) is 0 Å². The summed E-state index contributed by atoms with van der Waals surface area (Å²) in [6.07, 6.45) is 4.55. The Morgan fingerprint density at radius 1 is 1.33 bits per heavy atom. The van der Waals surface area contributed by atoms with E-state index >= 15 is 0 Å². The summed E-state index contributed by atoms with van der Waals surface area (Å²) in [5.74, 6) is 0.326. The minimum absolute atomic E-state index is 0.326. The third-order valence-corrected chi connectivity index (χ3v) is 3.22. The van der Waals surface area contributed by atoms with Gasteiger partial charge in [-0.1, -0.05) is 0 Å². The maximum atomic E-state index is 11.9. The third kappa shape index (κ3) is 2.92. The highest BCUT2D eigenvalue weighted by molar-refractivity contribution is 5.79. The second-order valence-corrected chi connectivity index (χ2v) is 4.59. The molecule has 1 amide bonds. The van der Waals surface area contributed by atoms with E-state index in [1.54, 1.807) is 0 Å². The van der Waals surface area contributed by atoms with Gasteiger partial charge in [-0.15, -0.1) is 0 Å². The molecule has 0 atom stereocenters. The number of nitrogens with two attached hydrogens (primary N) is 1. The second-order valence-electron chi connectivity index (χ2n) is 4.59. The Hall–Kier alpha value is -0.610. The van der Waals surface area contributed by atoms with E-state index in [4.69, 9.17) is 5.73 Å². The van der Waals surface area contributed by atoms with E-state index < -0.39 is 0 Å². The predicted molar refractivity (Wildman–Crippen MR) is 59.5 cm³/mol. The zero-order valence-corrected chi connectivity index (χ0v) is 9.32. The van der Waals surface area contributed by atoms with E-state index in [2.05, 4.69) is 9.80 Å². The van der Waals surface area contributed by atoms with Crippen LogP contribution in [0.15, 0.2) is 0 Å². The van der Waals surface area contributed by atoms with Crippen molar-refractivity contribution in [2.75, 3.05) is 32.7 Å². The van der Waals surface area contributed by atoms with Gasteiger partial charge in [-0.25, -0.2) is 0 Å². The molecule has 1 heterocycles. The van der Waals surface area contributed by atoms with Crippen molar-refractivity contribution in [3.05, 3.63) is 0 Å². The Bertz CT molecular complexity index is 228. The van der Waals surface area contributed by atoms with Crippen LogP contribution in [0, 0.1) is 0 Å². The molecule has 15 heavy (non-hydrogen) atoms. The molecule has 2 rings (SSSR count). The highest BCUT2D eigenvalue weighted by atomic mass is 16.2. The van der Waals surface area contributed by atoms with Crippen molar-refractivity contribution in [3.8, 4) is 0 Å². The Labute approximate surface area is 91.4 Å². The topological polar surface area (TPSA) is 49.6 Å². The van der Waals surface area contributed by atoms with Gasteiger partial charge in [0.25, 0.3) is 0 Å². The van der Waals surface area contributed by atoms with Crippen molar-refractivity contribution in [2.45, 2.75) is 31.7 Å². The number of hydrogen-bond acceptors (Lipinski definition) is 3. The number of carbonyl (C=O) groups is 1. The molecule has 86 valence electrons. The van der Waals surface area contributed by atoms with Crippen LogP contribution >= 0.6 is 0 Å².